The van der Waals surface area contributed by atoms with Gasteiger partial charge in [-0.15, -0.1) is 11.8 Å². The van der Waals surface area contributed by atoms with Gasteiger partial charge in [-0.25, -0.2) is 4.79 Å². The van der Waals surface area contributed by atoms with Crippen LogP contribution in [0.25, 0.3) is 0 Å². The smallest absolute Gasteiger partial charge is 0.326 e. The van der Waals surface area contributed by atoms with Crippen LogP contribution in [-0.2, 0) is 22.6 Å². The zero-order valence-electron chi connectivity index (χ0n) is 13.8. The van der Waals surface area contributed by atoms with E-state index in [1.807, 2.05) is 48.5 Å². The predicted octanol–water partition coefficient (Wildman–Crippen LogP) is 2.83. The van der Waals surface area contributed by atoms with E-state index in [4.69, 9.17) is 4.74 Å². The van der Waals surface area contributed by atoms with Crippen molar-refractivity contribution in [2.45, 2.75) is 23.9 Å². The van der Waals surface area contributed by atoms with Crippen molar-refractivity contribution in [1.29, 1.82) is 0 Å². The Balaban J connectivity index is 1.70. The summed E-state index contributed by atoms with van der Waals surface area (Å²) in [5.74, 6) is -0.160. The molecule has 6 heteroatoms. The number of methoxy groups -OCH3 is 1. The lowest BCUT2D eigenvalue weighted by molar-refractivity contribution is -0.150. The van der Waals surface area contributed by atoms with Gasteiger partial charge in [0.25, 0.3) is 0 Å². The van der Waals surface area contributed by atoms with Gasteiger partial charge in [0.1, 0.15) is 11.8 Å². The van der Waals surface area contributed by atoms with E-state index in [2.05, 4.69) is 0 Å². The highest BCUT2D eigenvalue weighted by Gasteiger charge is 2.34. The highest BCUT2D eigenvalue weighted by Crippen LogP contribution is 2.26. The first-order valence-electron chi connectivity index (χ1n) is 7.94. The summed E-state index contributed by atoms with van der Waals surface area (Å²) in [6.45, 7) is 0.342. The SMILES string of the molecule is COc1ccc(SCC(=O)N2Cc3ccccc3CC2C(=O)O)cc1. The topological polar surface area (TPSA) is 66.8 Å². The lowest BCUT2D eigenvalue weighted by Gasteiger charge is -2.34. The predicted molar refractivity (Wildman–Crippen MR) is 95.8 cm³/mol. The van der Waals surface area contributed by atoms with Crippen molar-refractivity contribution >= 4 is 23.6 Å². The minimum absolute atomic E-state index is 0.164. The first-order valence-corrected chi connectivity index (χ1v) is 8.93. The first-order chi connectivity index (χ1) is 12.1. The normalized spacial score (nSPS) is 16.2. The van der Waals surface area contributed by atoms with Crippen molar-refractivity contribution < 1.29 is 19.4 Å². The lowest BCUT2D eigenvalue weighted by Crippen LogP contribution is -2.49. The van der Waals surface area contributed by atoms with Crippen LogP contribution in [0.2, 0.25) is 0 Å². The lowest BCUT2D eigenvalue weighted by atomic mass is 9.94. The molecule has 0 aromatic heterocycles. The molecule has 1 N–H and O–H groups in total. The Morgan fingerprint density at radius 2 is 1.84 bits per heavy atom. The number of carbonyl (C=O) groups is 2. The molecule has 5 nitrogen and oxygen atoms in total. The molecule has 1 aliphatic rings. The van der Waals surface area contributed by atoms with Gasteiger partial charge in [0, 0.05) is 17.9 Å². The molecule has 1 atom stereocenters. The molecule has 1 heterocycles. The minimum Gasteiger partial charge on any atom is -0.497 e. The molecule has 0 bridgehead atoms. The number of ether oxygens (including phenoxy) is 1. The number of hydrogen-bond donors (Lipinski definition) is 1. The summed E-state index contributed by atoms with van der Waals surface area (Å²) in [5.41, 5.74) is 2.02. The molecule has 2 aromatic rings. The van der Waals surface area contributed by atoms with Gasteiger partial charge in [-0.2, -0.15) is 0 Å². The van der Waals surface area contributed by atoms with Crippen molar-refractivity contribution in [2.75, 3.05) is 12.9 Å². The third kappa shape index (κ3) is 3.96. The third-order valence-corrected chi connectivity index (χ3v) is 5.27. The molecular weight excluding hydrogens is 338 g/mol. The summed E-state index contributed by atoms with van der Waals surface area (Å²) in [6.07, 6.45) is 0.352. The van der Waals surface area contributed by atoms with Gasteiger partial charge in [-0.3, -0.25) is 4.79 Å². The highest BCUT2D eigenvalue weighted by atomic mass is 32.2. The largest absolute Gasteiger partial charge is 0.497 e. The summed E-state index contributed by atoms with van der Waals surface area (Å²) in [7, 11) is 1.60. The van der Waals surface area contributed by atoms with E-state index in [0.29, 0.717) is 13.0 Å². The fourth-order valence-corrected chi connectivity index (χ4v) is 3.69. The summed E-state index contributed by atoms with van der Waals surface area (Å²) in [4.78, 5) is 26.7. The Morgan fingerprint density at radius 3 is 2.48 bits per heavy atom. The molecule has 0 saturated carbocycles. The Labute approximate surface area is 150 Å². The third-order valence-electron chi connectivity index (χ3n) is 4.28. The van der Waals surface area contributed by atoms with Gasteiger partial charge in [0.15, 0.2) is 0 Å². The number of thioether (sulfide) groups is 1. The average molecular weight is 357 g/mol. The van der Waals surface area contributed by atoms with E-state index in [1.165, 1.54) is 16.7 Å². The molecule has 1 unspecified atom stereocenters. The highest BCUT2D eigenvalue weighted by molar-refractivity contribution is 8.00. The number of fused-ring (bicyclic) bond motifs is 1. The van der Waals surface area contributed by atoms with Crippen LogP contribution >= 0.6 is 11.8 Å². The number of benzene rings is 2. The number of amides is 1. The molecular formula is C19H19NO4S. The summed E-state index contributed by atoms with van der Waals surface area (Å²) in [5, 5.41) is 9.51. The maximum atomic E-state index is 12.6. The number of carboxylic acids is 1. The number of hydrogen-bond acceptors (Lipinski definition) is 4. The fourth-order valence-electron chi connectivity index (χ4n) is 2.91. The summed E-state index contributed by atoms with van der Waals surface area (Å²) < 4.78 is 5.11. The molecule has 130 valence electrons. The molecule has 1 amide bonds. The maximum Gasteiger partial charge on any atom is 0.326 e. The van der Waals surface area contributed by atoms with Crippen LogP contribution < -0.4 is 4.74 Å². The Morgan fingerprint density at radius 1 is 1.16 bits per heavy atom. The Bertz CT molecular complexity index is 775. The van der Waals surface area contributed by atoms with Gasteiger partial charge < -0.3 is 14.7 Å². The van der Waals surface area contributed by atoms with E-state index in [0.717, 1.165) is 21.8 Å². The number of carboxylic acid groups (broad SMARTS) is 1. The van der Waals surface area contributed by atoms with Crippen LogP contribution in [0.1, 0.15) is 11.1 Å². The number of nitrogens with zero attached hydrogens (tertiary/aromatic N) is 1. The van der Waals surface area contributed by atoms with Crippen LogP contribution in [0.5, 0.6) is 5.75 Å². The van der Waals surface area contributed by atoms with E-state index in [-0.39, 0.29) is 11.7 Å². The van der Waals surface area contributed by atoms with Crippen LogP contribution in [0.4, 0.5) is 0 Å². The quantitative estimate of drug-likeness (QED) is 0.834. The van der Waals surface area contributed by atoms with Crippen molar-refractivity contribution in [3.8, 4) is 5.75 Å². The zero-order chi connectivity index (χ0) is 17.8. The molecule has 3 rings (SSSR count). The van der Waals surface area contributed by atoms with Crippen LogP contribution in [0.3, 0.4) is 0 Å². The van der Waals surface area contributed by atoms with E-state index in [9.17, 15) is 14.7 Å². The van der Waals surface area contributed by atoms with Crippen LogP contribution in [0.15, 0.2) is 53.4 Å². The number of aliphatic carboxylic acids is 1. The van der Waals surface area contributed by atoms with Crippen LogP contribution in [-0.4, -0.2) is 40.8 Å². The molecule has 0 saturated heterocycles. The van der Waals surface area contributed by atoms with E-state index >= 15 is 0 Å². The van der Waals surface area contributed by atoms with Gasteiger partial charge in [-0.05, 0) is 35.4 Å². The van der Waals surface area contributed by atoms with Crippen molar-refractivity contribution in [3.63, 3.8) is 0 Å². The molecule has 0 fully saturated rings. The van der Waals surface area contributed by atoms with Gasteiger partial charge in [0.05, 0.1) is 12.9 Å². The van der Waals surface area contributed by atoms with Gasteiger partial charge >= 0.3 is 5.97 Å². The molecule has 2 aromatic carbocycles. The second-order valence-corrected chi connectivity index (χ2v) is 6.86. The van der Waals surface area contributed by atoms with Crippen molar-refractivity contribution in [2.24, 2.45) is 0 Å². The molecule has 0 aliphatic carbocycles. The maximum absolute atomic E-state index is 12.6. The fraction of sp³-hybridized carbons (Fsp3) is 0.263. The minimum atomic E-state index is -0.961. The first kappa shape index (κ1) is 17.4. The molecule has 1 aliphatic heterocycles. The second-order valence-electron chi connectivity index (χ2n) is 5.81. The zero-order valence-corrected chi connectivity index (χ0v) is 14.7. The Hall–Kier alpha value is -2.47. The second kappa shape index (κ2) is 7.61. The standard InChI is InChI=1S/C19H19NO4S/c1-24-15-6-8-16(9-7-15)25-12-18(21)20-11-14-5-3-2-4-13(14)10-17(20)19(22)23/h2-9,17H,10-12H2,1H3,(H,22,23). The molecule has 25 heavy (non-hydrogen) atoms. The Kier molecular flexibility index (Phi) is 5.28. The van der Waals surface area contributed by atoms with Gasteiger partial charge in [-0.1, -0.05) is 24.3 Å². The number of carbonyl (C=O) groups excluding carboxylic acids is 1. The van der Waals surface area contributed by atoms with Gasteiger partial charge in [0.2, 0.25) is 5.91 Å². The molecule has 0 radical (unpaired) electrons. The average Bonchev–Trinajstić information content (AvgIpc) is 2.65. The monoisotopic (exact) mass is 357 g/mol. The van der Waals surface area contributed by atoms with E-state index < -0.39 is 12.0 Å². The number of rotatable bonds is 5. The van der Waals surface area contributed by atoms with Crippen LogP contribution in [0, 0.1) is 0 Å². The summed E-state index contributed by atoms with van der Waals surface area (Å²) in [6, 6.07) is 14.3. The van der Waals surface area contributed by atoms with E-state index in [1.54, 1.807) is 7.11 Å². The molecule has 0 spiro atoms. The van der Waals surface area contributed by atoms with Crippen molar-refractivity contribution in [3.05, 3.63) is 59.7 Å². The van der Waals surface area contributed by atoms with Crippen molar-refractivity contribution in [1.82, 2.24) is 4.90 Å². The summed E-state index contributed by atoms with van der Waals surface area (Å²) >= 11 is 1.40.